The lowest BCUT2D eigenvalue weighted by Gasteiger charge is -1.98. The molecule has 0 radical (unpaired) electrons. The van der Waals surface area contributed by atoms with Crippen molar-refractivity contribution < 1.29 is 5.11 Å². The third-order valence-electron chi connectivity index (χ3n) is 1.51. The molecule has 11 heavy (non-hydrogen) atoms. The summed E-state index contributed by atoms with van der Waals surface area (Å²) in [6.45, 7) is 1.70. The molecule has 3 nitrogen and oxygen atoms in total. The van der Waals surface area contributed by atoms with Crippen LogP contribution in [0.25, 0.3) is 0 Å². The second-order valence-electron chi connectivity index (χ2n) is 2.59. The SMILES string of the molecule is Cn1ccc(CNCCO)c1. The Bertz CT molecular complexity index is 208. The van der Waals surface area contributed by atoms with Gasteiger partial charge in [0.2, 0.25) is 0 Å². The first-order valence-corrected chi connectivity index (χ1v) is 3.75. The van der Waals surface area contributed by atoms with Gasteiger partial charge in [-0.25, -0.2) is 0 Å². The molecule has 0 aliphatic heterocycles. The molecule has 0 amide bonds. The average Bonchev–Trinajstić information content (AvgIpc) is 2.37. The van der Waals surface area contributed by atoms with Gasteiger partial charge in [-0.2, -0.15) is 0 Å². The van der Waals surface area contributed by atoms with Gasteiger partial charge in [0.1, 0.15) is 0 Å². The number of aromatic nitrogens is 1. The van der Waals surface area contributed by atoms with Crippen LogP contribution < -0.4 is 5.32 Å². The van der Waals surface area contributed by atoms with Gasteiger partial charge in [-0.3, -0.25) is 0 Å². The minimum absolute atomic E-state index is 0.201. The zero-order valence-corrected chi connectivity index (χ0v) is 6.75. The lowest BCUT2D eigenvalue weighted by molar-refractivity contribution is 0.292. The van der Waals surface area contributed by atoms with Crippen LogP contribution in [0.5, 0.6) is 0 Å². The van der Waals surface area contributed by atoms with Crippen molar-refractivity contribution >= 4 is 0 Å². The Kier molecular flexibility index (Phi) is 3.14. The Labute approximate surface area is 66.7 Å². The smallest absolute Gasteiger partial charge is 0.0556 e. The summed E-state index contributed by atoms with van der Waals surface area (Å²) in [6, 6.07) is 2.06. The highest BCUT2D eigenvalue weighted by Gasteiger charge is 1.91. The normalized spacial score (nSPS) is 10.4. The Morgan fingerprint density at radius 3 is 3.00 bits per heavy atom. The Morgan fingerprint density at radius 1 is 1.64 bits per heavy atom. The summed E-state index contributed by atoms with van der Waals surface area (Å²) in [5.41, 5.74) is 1.25. The Morgan fingerprint density at radius 2 is 2.45 bits per heavy atom. The van der Waals surface area contributed by atoms with Gasteiger partial charge in [-0.05, 0) is 11.6 Å². The predicted molar refractivity (Wildman–Crippen MR) is 44.2 cm³/mol. The number of aryl methyl sites for hydroxylation is 1. The van der Waals surface area contributed by atoms with E-state index in [9.17, 15) is 0 Å². The molecule has 0 aliphatic carbocycles. The van der Waals surface area contributed by atoms with Crippen molar-refractivity contribution in [2.24, 2.45) is 7.05 Å². The number of aliphatic hydroxyl groups excluding tert-OH is 1. The first-order valence-electron chi connectivity index (χ1n) is 3.75. The molecule has 1 aromatic heterocycles. The second kappa shape index (κ2) is 4.16. The van der Waals surface area contributed by atoms with Gasteiger partial charge in [-0.1, -0.05) is 0 Å². The maximum Gasteiger partial charge on any atom is 0.0556 e. The van der Waals surface area contributed by atoms with Crippen LogP contribution in [-0.2, 0) is 13.6 Å². The van der Waals surface area contributed by atoms with Gasteiger partial charge in [0.15, 0.2) is 0 Å². The molecule has 1 heterocycles. The van der Waals surface area contributed by atoms with E-state index in [4.69, 9.17) is 5.11 Å². The van der Waals surface area contributed by atoms with Gasteiger partial charge in [0.25, 0.3) is 0 Å². The van der Waals surface area contributed by atoms with Gasteiger partial charge >= 0.3 is 0 Å². The van der Waals surface area contributed by atoms with Crippen molar-refractivity contribution in [1.29, 1.82) is 0 Å². The molecule has 62 valence electrons. The molecule has 0 atom stereocenters. The topological polar surface area (TPSA) is 37.2 Å². The first kappa shape index (κ1) is 8.30. The van der Waals surface area contributed by atoms with Crippen LogP contribution in [0.4, 0.5) is 0 Å². The molecule has 0 saturated heterocycles. The van der Waals surface area contributed by atoms with Crippen molar-refractivity contribution in [3.8, 4) is 0 Å². The number of hydrogen-bond donors (Lipinski definition) is 2. The summed E-state index contributed by atoms with van der Waals surface area (Å²) >= 11 is 0. The highest BCUT2D eigenvalue weighted by molar-refractivity contribution is 5.09. The number of nitrogens with one attached hydrogen (secondary N) is 1. The highest BCUT2D eigenvalue weighted by atomic mass is 16.3. The number of rotatable bonds is 4. The molecule has 3 heteroatoms. The number of aliphatic hydroxyl groups is 1. The summed E-state index contributed by atoms with van der Waals surface area (Å²) < 4.78 is 2.01. The van der Waals surface area contributed by atoms with Crippen LogP contribution in [0.2, 0.25) is 0 Å². The lowest BCUT2D eigenvalue weighted by Crippen LogP contribution is -2.16. The van der Waals surface area contributed by atoms with Crippen LogP contribution in [-0.4, -0.2) is 22.8 Å². The van der Waals surface area contributed by atoms with E-state index in [-0.39, 0.29) is 6.61 Å². The fraction of sp³-hybridized carbons (Fsp3) is 0.500. The molecule has 1 rings (SSSR count). The Hall–Kier alpha value is -0.800. The van der Waals surface area contributed by atoms with Crippen LogP contribution in [0.3, 0.4) is 0 Å². The van der Waals surface area contributed by atoms with E-state index in [1.54, 1.807) is 0 Å². The number of hydrogen-bond acceptors (Lipinski definition) is 2. The maximum absolute atomic E-state index is 8.48. The monoisotopic (exact) mass is 154 g/mol. The van der Waals surface area contributed by atoms with Crippen LogP contribution in [0.1, 0.15) is 5.56 Å². The van der Waals surface area contributed by atoms with Gasteiger partial charge in [0.05, 0.1) is 6.61 Å². The van der Waals surface area contributed by atoms with Crippen LogP contribution >= 0.6 is 0 Å². The summed E-state index contributed by atoms with van der Waals surface area (Å²) in [5.74, 6) is 0. The highest BCUT2D eigenvalue weighted by Crippen LogP contribution is 1.97. The summed E-state index contributed by atoms with van der Waals surface area (Å²) in [4.78, 5) is 0. The number of nitrogens with zero attached hydrogens (tertiary/aromatic N) is 1. The second-order valence-corrected chi connectivity index (χ2v) is 2.59. The van der Waals surface area contributed by atoms with Crippen molar-refractivity contribution in [2.45, 2.75) is 6.54 Å². The molecule has 0 bridgehead atoms. The van der Waals surface area contributed by atoms with E-state index in [0.717, 1.165) is 6.54 Å². The molecular formula is C8H14N2O. The average molecular weight is 154 g/mol. The zero-order valence-electron chi connectivity index (χ0n) is 6.75. The fourth-order valence-corrected chi connectivity index (χ4v) is 0.977. The fourth-order valence-electron chi connectivity index (χ4n) is 0.977. The predicted octanol–water partition coefficient (Wildman–Crippen LogP) is 0.107. The van der Waals surface area contributed by atoms with Crippen LogP contribution in [0, 0.1) is 0 Å². The van der Waals surface area contributed by atoms with E-state index in [0.29, 0.717) is 6.54 Å². The molecule has 0 spiro atoms. The molecule has 2 N–H and O–H groups in total. The summed E-state index contributed by atoms with van der Waals surface area (Å²) in [5, 5.41) is 11.6. The van der Waals surface area contributed by atoms with Gasteiger partial charge in [0, 0.05) is 32.5 Å². The van der Waals surface area contributed by atoms with Crippen LogP contribution in [0.15, 0.2) is 18.5 Å². The van der Waals surface area contributed by atoms with Crippen molar-refractivity contribution in [2.75, 3.05) is 13.2 Å². The van der Waals surface area contributed by atoms with Crippen molar-refractivity contribution in [1.82, 2.24) is 9.88 Å². The van der Waals surface area contributed by atoms with E-state index >= 15 is 0 Å². The Balaban J connectivity index is 2.27. The van der Waals surface area contributed by atoms with Gasteiger partial charge in [-0.15, -0.1) is 0 Å². The quantitative estimate of drug-likeness (QED) is 0.604. The van der Waals surface area contributed by atoms with E-state index in [1.807, 2.05) is 17.8 Å². The zero-order chi connectivity index (χ0) is 8.10. The maximum atomic E-state index is 8.48. The minimum Gasteiger partial charge on any atom is -0.395 e. The molecule has 0 saturated carbocycles. The third kappa shape index (κ3) is 2.74. The minimum atomic E-state index is 0.201. The van der Waals surface area contributed by atoms with Crippen molar-refractivity contribution in [3.63, 3.8) is 0 Å². The molecule has 0 aliphatic rings. The summed E-state index contributed by atoms with van der Waals surface area (Å²) in [6.07, 6.45) is 4.07. The molecule has 0 unspecified atom stereocenters. The standard InChI is InChI=1S/C8H14N2O/c1-10-4-2-8(7-10)6-9-3-5-11/h2,4,7,9,11H,3,5-6H2,1H3. The van der Waals surface area contributed by atoms with Gasteiger partial charge < -0.3 is 15.0 Å². The van der Waals surface area contributed by atoms with E-state index in [2.05, 4.69) is 17.6 Å². The summed E-state index contributed by atoms with van der Waals surface area (Å²) in [7, 11) is 2.00. The largest absolute Gasteiger partial charge is 0.395 e. The molecule has 0 aromatic carbocycles. The van der Waals surface area contributed by atoms with Crippen molar-refractivity contribution in [3.05, 3.63) is 24.0 Å². The first-order chi connectivity index (χ1) is 5.33. The molecular weight excluding hydrogens is 140 g/mol. The van der Waals surface area contributed by atoms with E-state index < -0.39 is 0 Å². The third-order valence-corrected chi connectivity index (χ3v) is 1.51. The van der Waals surface area contributed by atoms with E-state index in [1.165, 1.54) is 5.56 Å². The lowest BCUT2D eigenvalue weighted by atomic mass is 10.3. The molecule has 1 aromatic rings. The molecule has 0 fully saturated rings.